The van der Waals surface area contributed by atoms with Gasteiger partial charge in [0, 0.05) is 12.3 Å². The van der Waals surface area contributed by atoms with Gasteiger partial charge in [-0.2, -0.15) is 0 Å². The van der Waals surface area contributed by atoms with Crippen LogP contribution in [0.15, 0.2) is 0 Å². The molecule has 110 valence electrons. The SMILES string of the molecule is CNCCCc1nnc(C2C3CC4CC(C3)CC2C4)s1. The number of nitrogens with one attached hydrogen (secondary N) is 1. The Morgan fingerprint density at radius 3 is 2.40 bits per heavy atom. The van der Waals surface area contributed by atoms with Crippen LogP contribution in [-0.4, -0.2) is 23.8 Å². The number of aryl methyl sites for hydroxylation is 1. The molecule has 4 aliphatic carbocycles. The van der Waals surface area contributed by atoms with E-state index in [0.717, 1.165) is 42.6 Å². The van der Waals surface area contributed by atoms with E-state index < -0.39 is 0 Å². The van der Waals surface area contributed by atoms with Crippen LogP contribution >= 0.6 is 11.3 Å². The van der Waals surface area contributed by atoms with Crippen molar-refractivity contribution in [2.24, 2.45) is 23.7 Å². The lowest BCUT2D eigenvalue weighted by molar-refractivity contribution is -0.00303. The summed E-state index contributed by atoms with van der Waals surface area (Å²) in [6.45, 7) is 1.08. The van der Waals surface area contributed by atoms with E-state index >= 15 is 0 Å². The zero-order valence-corrected chi connectivity index (χ0v) is 13.2. The van der Waals surface area contributed by atoms with Gasteiger partial charge in [0.05, 0.1) is 0 Å². The average molecular weight is 291 g/mol. The predicted molar refractivity (Wildman–Crippen MR) is 81.9 cm³/mol. The molecule has 1 aromatic heterocycles. The molecule has 0 aliphatic heterocycles. The number of aromatic nitrogens is 2. The predicted octanol–water partition coefficient (Wildman–Crippen LogP) is 3.23. The summed E-state index contributed by atoms with van der Waals surface area (Å²) in [6, 6.07) is 0. The number of hydrogen-bond acceptors (Lipinski definition) is 4. The number of hydrogen-bond donors (Lipinski definition) is 1. The molecule has 0 atom stereocenters. The van der Waals surface area contributed by atoms with Crippen LogP contribution in [0.3, 0.4) is 0 Å². The topological polar surface area (TPSA) is 37.8 Å². The van der Waals surface area contributed by atoms with Crippen LogP contribution in [-0.2, 0) is 6.42 Å². The highest BCUT2D eigenvalue weighted by Gasteiger charge is 2.49. The van der Waals surface area contributed by atoms with E-state index in [0.29, 0.717) is 0 Å². The third kappa shape index (κ3) is 2.31. The van der Waals surface area contributed by atoms with Gasteiger partial charge in [0.15, 0.2) is 0 Å². The van der Waals surface area contributed by atoms with Crippen molar-refractivity contribution in [1.29, 1.82) is 0 Å². The molecule has 5 rings (SSSR count). The normalized spacial score (nSPS) is 38.5. The van der Waals surface area contributed by atoms with Crippen molar-refractivity contribution in [3.8, 4) is 0 Å². The second-order valence-corrected chi connectivity index (χ2v) is 8.29. The molecule has 0 unspecified atom stereocenters. The molecule has 0 radical (unpaired) electrons. The van der Waals surface area contributed by atoms with E-state index in [1.807, 2.05) is 18.4 Å². The van der Waals surface area contributed by atoms with Crippen molar-refractivity contribution >= 4 is 11.3 Å². The summed E-state index contributed by atoms with van der Waals surface area (Å²) in [5.41, 5.74) is 0. The first-order valence-electron chi connectivity index (χ1n) is 8.30. The molecular weight excluding hydrogens is 266 g/mol. The summed E-state index contributed by atoms with van der Waals surface area (Å²) < 4.78 is 0. The van der Waals surface area contributed by atoms with Gasteiger partial charge in [-0.25, -0.2) is 0 Å². The van der Waals surface area contributed by atoms with Gasteiger partial charge in [-0.05, 0) is 75.8 Å². The number of nitrogens with zero attached hydrogens (tertiary/aromatic N) is 2. The Balaban J connectivity index is 1.47. The quantitative estimate of drug-likeness (QED) is 0.846. The van der Waals surface area contributed by atoms with Crippen molar-refractivity contribution in [3.05, 3.63) is 10.0 Å². The molecule has 20 heavy (non-hydrogen) atoms. The minimum atomic E-state index is 0.762. The van der Waals surface area contributed by atoms with E-state index in [1.54, 1.807) is 0 Å². The van der Waals surface area contributed by atoms with Gasteiger partial charge in [0.2, 0.25) is 0 Å². The first-order valence-corrected chi connectivity index (χ1v) is 9.12. The molecule has 1 heterocycles. The summed E-state index contributed by atoms with van der Waals surface area (Å²) in [5, 5.41) is 14.9. The molecule has 3 nitrogen and oxygen atoms in total. The van der Waals surface area contributed by atoms with Gasteiger partial charge in [-0.3, -0.25) is 0 Å². The van der Waals surface area contributed by atoms with Gasteiger partial charge in [0.1, 0.15) is 10.0 Å². The summed E-state index contributed by atoms with van der Waals surface area (Å²) in [7, 11) is 2.01. The van der Waals surface area contributed by atoms with Gasteiger partial charge in [-0.1, -0.05) is 0 Å². The Hall–Kier alpha value is -0.480. The van der Waals surface area contributed by atoms with Crippen molar-refractivity contribution in [2.75, 3.05) is 13.6 Å². The van der Waals surface area contributed by atoms with Gasteiger partial charge in [0.25, 0.3) is 0 Å². The van der Waals surface area contributed by atoms with E-state index in [1.165, 1.54) is 48.5 Å². The molecule has 4 bridgehead atoms. The van der Waals surface area contributed by atoms with Gasteiger partial charge in [-0.15, -0.1) is 21.5 Å². The molecule has 0 spiro atoms. The lowest BCUT2D eigenvalue weighted by Gasteiger charge is -2.53. The molecule has 1 N–H and O–H groups in total. The lowest BCUT2D eigenvalue weighted by Crippen LogP contribution is -2.43. The van der Waals surface area contributed by atoms with Crippen molar-refractivity contribution < 1.29 is 0 Å². The smallest absolute Gasteiger partial charge is 0.121 e. The van der Waals surface area contributed by atoms with Crippen LogP contribution in [0, 0.1) is 23.7 Å². The molecule has 0 amide bonds. The van der Waals surface area contributed by atoms with E-state index in [-0.39, 0.29) is 0 Å². The Labute approximate surface area is 125 Å². The minimum Gasteiger partial charge on any atom is -0.320 e. The minimum absolute atomic E-state index is 0.762. The fourth-order valence-electron chi connectivity index (χ4n) is 5.25. The van der Waals surface area contributed by atoms with Crippen LogP contribution in [0.5, 0.6) is 0 Å². The lowest BCUT2D eigenvalue weighted by atomic mass is 9.52. The van der Waals surface area contributed by atoms with Crippen LogP contribution in [0.1, 0.15) is 54.5 Å². The summed E-state index contributed by atoms with van der Waals surface area (Å²) in [5.74, 6) is 4.74. The fourth-order valence-corrected chi connectivity index (χ4v) is 6.42. The molecule has 0 saturated heterocycles. The molecule has 0 aromatic carbocycles. The Bertz CT molecular complexity index is 442. The highest BCUT2D eigenvalue weighted by Crippen LogP contribution is 2.59. The maximum Gasteiger partial charge on any atom is 0.121 e. The largest absolute Gasteiger partial charge is 0.320 e. The fraction of sp³-hybridized carbons (Fsp3) is 0.875. The second-order valence-electron chi connectivity index (χ2n) is 7.20. The molecule has 1 aromatic rings. The summed E-state index contributed by atoms with van der Waals surface area (Å²) in [4.78, 5) is 0. The van der Waals surface area contributed by atoms with Crippen molar-refractivity contribution in [2.45, 2.75) is 50.9 Å². The Morgan fingerprint density at radius 1 is 1.05 bits per heavy atom. The zero-order chi connectivity index (χ0) is 13.5. The first-order chi connectivity index (χ1) is 9.83. The van der Waals surface area contributed by atoms with E-state index in [9.17, 15) is 0 Å². The highest BCUT2D eigenvalue weighted by atomic mass is 32.1. The molecule has 4 aliphatic rings. The monoisotopic (exact) mass is 291 g/mol. The van der Waals surface area contributed by atoms with E-state index in [2.05, 4.69) is 15.5 Å². The number of rotatable bonds is 5. The van der Waals surface area contributed by atoms with Gasteiger partial charge < -0.3 is 5.32 Å². The van der Waals surface area contributed by atoms with E-state index in [4.69, 9.17) is 0 Å². The van der Waals surface area contributed by atoms with Crippen molar-refractivity contribution in [1.82, 2.24) is 15.5 Å². The standard InChI is InChI=1S/C16H25N3S/c1-17-4-2-3-14-18-19-16(20-14)15-12-6-10-5-11(8-12)9-13(15)7-10/h10-13,15,17H,2-9H2,1H3. The molecule has 4 saturated carbocycles. The van der Waals surface area contributed by atoms with Crippen LogP contribution < -0.4 is 5.32 Å². The second kappa shape index (κ2) is 5.38. The average Bonchev–Trinajstić information content (AvgIpc) is 2.86. The molecule has 4 heteroatoms. The Morgan fingerprint density at radius 2 is 1.75 bits per heavy atom. The molecular formula is C16H25N3S. The van der Waals surface area contributed by atoms with Crippen LogP contribution in [0.4, 0.5) is 0 Å². The van der Waals surface area contributed by atoms with Gasteiger partial charge >= 0.3 is 0 Å². The maximum absolute atomic E-state index is 4.59. The summed E-state index contributed by atoms with van der Waals surface area (Å²) in [6.07, 6.45) is 9.71. The van der Waals surface area contributed by atoms with Crippen LogP contribution in [0.25, 0.3) is 0 Å². The first kappa shape index (κ1) is 13.2. The Kier molecular flexibility index (Phi) is 3.55. The van der Waals surface area contributed by atoms with Crippen LogP contribution in [0.2, 0.25) is 0 Å². The third-order valence-electron chi connectivity index (χ3n) is 5.81. The van der Waals surface area contributed by atoms with Crippen molar-refractivity contribution in [3.63, 3.8) is 0 Å². The highest BCUT2D eigenvalue weighted by molar-refractivity contribution is 7.11. The molecule has 4 fully saturated rings. The summed E-state index contributed by atoms with van der Waals surface area (Å²) >= 11 is 1.91. The zero-order valence-electron chi connectivity index (χ0n) is 12.3. The maximum atomic E-state index is 4.59. The third-order valence-corrected chi connectivity index (χ3v) is 6.90.